The Morgan fingerprint density at radius 3 is 2.43 bits per heavy atom. The molecule has 3 aromatic carbocycles. The summed E-state index contributed by atoms with van der Waals surface area (Å²) in [4.78, 5) is 25.3. The maximum absolute atomic E-state index is 13.5. The van der Waals surface area contributed by atoms with Crippen LogP contribution < -0.4 is 15.4 Å². The number of alkyl halides is 3. The molecule has 0 unspecified atom stereocenters. The van der Waals surface area contributed by atoms with Gasteiger partial charge in [-0.25, -0.2) is 4.39 Å². The summed E-state index contributed by atoms with van der Waals surface area (Å²) in [5, 5.41) is 13.6. The molecule has 2 N–H and O–H groups in total. The van der Waals surface area contributed by atoms with Crippen LogP contribution in [0.2, 0.25) is 0 Å². The predicted molar refractivity (Wildman–Crippen MR) is 150 cm³/mol. The second kappa shape index (κ2) is 14.0. The van der Waals surface area contributed by atoms with Crippen molar-refractivity contribution in [3.8, 4) is 11.4 Å². The number of ether oxygens (including phenoxy) is 1. The molecular formula is C29H27F4N5O3S. The first kappa shape index (κ1) is 30.6. The van der Waals surface area contributed by atoms with Gasteiger partial charge in [0.15, 0.2) is 11.0 Å². The zero-order valence-corrected chi connectivity index (χ0v) is 23.3. The average Bonchev–Trinajstić information content (AvgIpc) is 3.39. The van der Waals surface area contributed by atoms with Crippen LogP contribution >= 0.6 is 11.8 Å². The highest BCUT2D eigenvalue weighted by Gasteiger charge is 2.31. The van der Waals surface area contributed by atoms with Gasteiger partial charge in [0.05, 0.1) is 30.2 Å². The van der Waals surface area contributed by atoms with Gasteiger partial charge in [-0.2, -0.15) is 13.2 Å². The van der Waals surface area contributed by atoms with Gasteiger partial charge in [0.2, 0.25) is 5.91 Å². The van der Waals surface area contributed by atoms with Crippen LogP contribution in [-0.4, -0.2) is 38.9 Å². The van der Waals surface area contributed by atoms with E-state index in [1.807, 2.05) is 0 Å². The molecule has 0 bridgehead atoms. The van der Waals surface area contributed by atoms with Crippen LogP contribution in [0.1, 0.15) is 41.5 Å². The van der Waals surface area contributed by atoms with Crippen LogP contribution in [0.4, 0.5) is 23.2 Å². The summed E-state index contributed by atoms with van der Waals surface area (Å²) >= 11 is 0.942. The van der Waals surface area contributed by atoms with Crippen LogP contribution in [0, 0.1) is 5.82 Å². The van der Waals surface area contributed by atoms with Gasteiger partial charge in [-0.3, -0.25) is 14.2 Å². The van der Waals surface area contributed by atoms with E-state index in [9.17, 15) is 27.2 Å². The van der Waals surface area contributed by atoms with Gasteiger partial charge in [0, 0.05) is 11.3 Å². The van der Waals surface area contributed by atoms with Crippen molar-refractivity contribution in [3.63, 3.8) is 0 Å². The van der Waals surface area contributed by atoms with Crippen LogP contribution in [0.3, 0.4) is 0 Å². The fraction of sp³-hybridized carbons (Fsp3) is 0.241. The van der Waals surface area contributed by atoms with Gasteiger partial charge in [-0.05, 0) is 73.2 Å². The highest BCUT2D eigenvalue weighted by Crippen LogP contribution is 2.32. The lowest BCUT2D eigenvalue weighted by molar-refractivity contribution is -0.137. The standard InChI is InChI=1S/C29H27F4N5O3S/c1-2-3-15-41-24-13-7-19(8-14-24)27(40)34-17-25-36-37-28(38(25)23-6-4-5-20(16-23)29(31,32)33)42-18-26(39)35-22-11-9-21(30)10-12-22/h4-14,16H,2-3,15,17-18H2,1H3,(H,34,40)(H,35,39). The summed E-state index contributed by atoms with van der Waals surface area (Å²) in [6, 6.07) is 16.3. The number of benzene rings is 3. The molecule has 2 amide bonds. The van der Waals surface area contributed by atoms with Crippen LogP contribution in [0.15, 0.2) is 78.0 Å². The fourth-order valence-corrected chi connectivity index (χ4v) is 4.52. The molecule has 1 aromatic heterocycles. The van der Waals surface area contributed by atoms with Gasteiger partial charge < -0.3 is 15.4 Å². The highest BCUT2D eigenvalue weighted by atomic mass is 32.2. The van der Waals surface area contributed by atoms with E-state index in [0.717, 1.165) is 36.7 Å². The highest BCUT2D eigenvalue weighted by molar-refractivity contribution is 7.99. The van der Waals surface area contributed by atoms with Crippen molar-refractivity contribution < 1.29 is 31.9 Å². The van der Waals surface area contributed by atoms with E-state index in [-0.39, 0.29) is 29.0 Å². The van der Waals surface area contributed by atoms with E-state index in [0.29, 0.717) is 23.6 Å². The number of rotatable bonds is 12. The van der Waals surface area contributed by atoms with E-state index in [1.54, 1.807) is 24.3 Å². The summed E-state index contributed by atoms with van der Waals surface area (Å²) in [5.41, 5.74) is -0.0376. The minimum absolute atomic E-state index is 0.106. The summed E-state index contributed by atoms with van der Waals surface area (Å²) in [6.07, 6.45) is -2.68. The summed E-state index contributed by atoms with van der Waals surface area (Å²) in [6.45, 7) is 2.47. The topological polar surface area (TPSA) is 98.1 Å². The molecule has 42 heavy (non-hydrogen) atoms. The van der Waals surface area contributed by atoms with Gasteiger partial charge in [0.1, 0.15) is 11.6 Å². The van der Waals surface area contributed by atoms with Gasteiger partial charge in [-0.1, -0.05) is 31.2 Å². The van der Waals surface area contributed by atoms with Crippen LogP contribution in [-0.2, 0) is 17.5 Å². The molecule has 1 heterocycles. The molecule has 0 fully saturated rings. The Morgan fingerprint density at radius 2 is 1.74 bits per heavy atom. The number of nitrogens with one attached hydrogen (secondary N) is 2. The fourth-order valence-electron chi connectivity index (χ4n) is 3.75. The lowest BCUT2D eigenvalue weighted by atomic mass is 10.2. The zero-order valence-electron chi connectivity index (χ0n) is 22.5. The Balaban J connectivity index is 1.50. The molecule has 220 valence electrons. The Kier molecular flexibility index (Phi) is 10.2. The van der Waals surface area contributed by atoms with Crippen molar-refractivity contribution in [3.05, 3.63) is 95.6 Å². The van der Waals surface area contributed by atoms with E-state index in [4.69, 9.17) is 4.74 Å². The van der Waals surface area contributed by atoms with Gasteiger partial charge in [0.25, 0.3) is 5.91 Å². The number of amides is 2. The molecule has 0 aliphatic rings. The van der Waals surface area contributed by atoms with Crippen molar-refractivity contribution in [2.45, 2.75) is 37.6 Å². The molecule has 0 aliphatic heterocycles. The maximum Gasteiger partial charge on any atom is 0.416 e. The number of halogens is 4. The maximum atomic E-state index is 13.5. The summed E-state index contributed by atoms with van der Waals surface area (Å²) < 4.78 is 60.5. The number of anilines is 1. The molecule has 0 saturated carbocycles. The number of carbonyl (C=O) groups is 2. The van der Waals surface area contributed by atoms with Crippen molar-refractivity contribution in [1.82, 2.24) is 20.1 Å². The monoisotopic (exact) mass is 601 g/mol. The van der Waals surface area contributed by atoms with E-state index in [2.05, 4.69) is 27.8 Å². The van der Waals surface area contributed by atoms with Crippen LogP contribution in [0.25, 0.3) is 5.69 Å². The first-order valence-corrected chi connectivity index (χ1v) is 13.9. The van der Waals surface area contributed by atoms with Gasteiger partial charge in [-0.15, -0.1) is 10.2 Å². The molecule has 0 radical (unpaired) electrons. The number of aromatic nitrogens is 3. The van der Waals surface area contributed by atoms with Crippen molar-refractivity contribution in [1.29, 1.82) is 0 Å². The molecule has 4 rings (SSSR count). The second-order valence-electron chi connectivity index (χ2n) is 9.04. The number of hydrogen-bond acceptors (Lipinski definition) is 6. The largest absolute Gasteiger partial charge is 0.494 e. The number of thioether (sulfide) groups is 1. The molecule has 0 atom stereocenters. The molecule has 0 spiro atoms. The Morgan fingerprint density at radius 1 is 1.00 bits per heavy atom. The number of nitrogens with zero attached hydrogens (tertiary/aromatic N) is 3. The van der Waals surface area contributed by atoms with E-state index >= 15 is 0 Å². The van der Waals surface area contributed by atoms with Crippen LogP contribution in [0.5, 0.6) is 5.75 Å². The Hall–Kier alpha value is -4.39. The van der Waals surface area contributed by atoms with Gasteiger partial charge >= 0.3 is 6.18 Å². The van der Waals surface area contributed by atoms with E-state index < -0.39 is 29.4 Å². The van der Waals surface area contributed by atoms with E-state index in [1.165, 1.54) is 41.0 Å². The molecule has 0 saturated heterocycles. The molecule has 8 nitrogen and oxygen atoms in total. The molecule has 13 heteroatoms. The zero-order chi connectivity index (χ0) is 30.1. The minimum atomic E-state index is -4.59. The normalized spacial score (nSPS) is 11.3. The van der Waals surface area contributed by atoms with Crippen molar-refractivity contribution in [2.24, 2.45) is 0 Å². The summed E-state index contributed by atoms with van der Waals surface area (Å²) in [7, 11) is 0. The first-order valence-electron chi connectivity index (χ1n) is 12.9. The SMILES string of the molecule is CCCCOc1ccc(C(=O)NCc2nnc(SCC(=O)Nc3ccc(F)cc3)n2-c2cccc(C(F)(F)F)c2)cc1. The predicted octanol–water partition coefficient (Wildman–Crippen LogP) is 6.26. The third-order valence-corrected chi connectivity index (χ3v) is 6.81. The number of hydrogen-bond donors (Lipinski definition) is 2. The molecular weight excluding hydrogens is 574 g/mol. The molecule has 0 aliphatic carbocycles. The van der Waals surface area contributed by atoms with Crippen molar-refractivity contribution in [2.75, 3.05) is 17.7 Å². The Labute approximate surface area is 243 Å². The first-order chi connectivity index (χ1) is 20.1. The minimum Gasteiger partial charge on any atom is -0.494 e. The second-order valence-corrected chi connectivity index (χ2v) is 9.98. The molecule has 4 aromatic rings. The number of unbranched alkanes of at least 4 members (excludes halogenated alkanes) is 1. The van der Waals surface area contributed by atoms with Crippen molar-refractivity contribution >= 4 is 29.3 Å². The number of carbonyl (C=O) groups excluding carboxylic acids is 2. The average molecular weight is 602 g/mol. The third-order valence-electron chi connectivity index (χ3n) is 5.88. The smallest absolute Gasteiger partial charge is 0.416 e. The lowest BCUT2D eigenvalue weighted by Gasteiger charge is -2.14. The summed E-state index contributed by atoms with van der Waals surface area (Å²) in [5.74, 6) is -0.695. The Bertz CT molecular complexity index is 1510. The third kappa shape index (κ3) is 8.32. The lowest BCUT2D eigenvalue weighted by Crippen LogP contribution is -2.24. The quantitative estimate of drug-likeness (QED) is 0.113.